The highest BCUT2D eigenvalue weighted by molar-refractivity contribution is 9.10. The number of aromatic carboxylic acids is 1. The SMILES string of the molecule is CC(=O)c1ccc(Sc2ccc(Br)c(C(=O)O)c2)cn1. The van der Waals surface area contributed by atoms with Gasteiger partial charge < -0.3 is 5.11 Å². The van der Waals surface area contributed by atoms with Crippen LogP contribution >= 0.6 is 27.7 Å². The van der Waals surface area contributed by atoms with E-state index in [1.807, 2.05) is 6.07 Å². The van der Waals surface area contributed by atoms with Crippen LogP contribution in [0.3, 0.4) is 0 Å². The summed E-state index contributed by atoms with van der Waals surface area (Å²) >= 11 is 4.59. The Morgan fingerprint density at radius 1 is 1.20 bits per heavy atom. The van der Waals surface area contributed by atoms with Crippen molar-refractivity contribution in [3.05, 3.63) is 52.3 Å². The predicted molar refractivity (Wildman–Crippen MR) is 79.5 cm³/mol. The van der Waals surface area contributed by atoms with Crippen molar-refractivity contribution in [2.75, 3.05) is 0 Å². The Hall–Kier alpha value is -1.66. The molecule has 1 aromatic carbocycles. The molecule has 1 N–H and O–H groups in total. The van der Waals surface area contributed by atoms with Crippen LogP contribution in [0.2, 0.25) is 0 Å². The molecule has 4 nitrogen and oxygen atoms in total. The molecule has 0 aliphatic heterocycles. The number of benzene rings is 1. The molecular weight excluding hydrogens is 342 g/mol. The molecule has 6 heteroatoms. The van der Waals surface area contributed by atoms with Gasteiger partial charge in [-0.05, 0) is 46.3 Å². The molecule has 0 saturated heterocycles. The lowest BCUT2D eigenvalue weighted by molar-refractivity contribution is 0.0695. The molecule has 0 unspecified atom stereocenters. The van der Waals surface area contributed by atoms with Crippen LogP contribution in [0, 0.1) is 0 Å². The van der Waals surface area contributed by atoms with E-state index >= 15 is 0 Å². The number of pyridine rings is 1. The number of carboxylic acids is 1. The summed E-state index contributed by atoms with van der Waals surface area (Å²) in [6, 6.07) is 8.55. The summed E-state index contributed by atoms with van der Waals surface area (Å²) < 4.78 is 0.541. The Bertz CT molecular complexity index is 671. The third kappa shape index (κ3) is 3.46. The number of aromatic nitrogens is 1. The number of rotatable bonds is 4. The van der Waals surface area contributed by atoms with Crippen molar-refractivity contribution in [1.82, 2.24) is 4.98 Å². The molecular formula is C14H10BrNO3S. The molecule has 0 aliphatic carbocycles. The third-order valence-corrected chi connectivity index (χ3v) is 4.16. The van der Waals surface area contributed by atoms with Crippen molar-refractivity contribution >= 4 is 39.4 Å². The Morgan fingerprint density at radius 2 is 1.90 bits per heavy atom. The summed E-state index contributed by atoms with van der Waals surface area (Å²) in [5, 5.41) is 9.06. The molecule has 20 heavy (non-hydrogen) atoms. The number of hydrogen-bond acceptors (Lipinski definition) is 4. The fraction of sp³-hybridized carbons (Fsp3) is 0.0714. The largest absolute Gasteiger partial charge is 0.478 e. The van der Waals surface area contributed by atoms with Gasteiger partial charge in [0.1, 0.15) is 5.69 Å². The quantitative estimate of drug-likeness (QED) is 0.846. The normalized spacial score (nSPS) is 10.3. The Kier molecular flexibility index (Phi) is 4.57. The minimum atomic E-state index is -0.982. The first-order valence-electron chi connectivity index (χ1n) is 5.65. The number of carbonyl (C=O) groups excluding carboxylic acids is 1. The fourth-order valence-corrected chi connectivity index (χ4v) is 2.76. The van der Waals surface area contributed by atoms with Crippen LogP contribution in [-0.2, 0) is 0 Å². The smallest absolute Gasteiger partial charge is 0.336 e. The van der Waals surface area contributed by atoms with E-state index < -0.39 is 5.97 Å². The molecule has 0 radical (unpaired) electrons. The number of ketones is 1. The Morgan fingerprint density at radius 3 is 2.45 bits per heavy atom. The van der Waals surface area contributed by atoms with Gasteiger partial charge >= 0.3 is 5.97 Å². The van der Waals surface area contributed by atoms with Gasteiger partial charge in [-0.15, -0.1) is 0 Å². The van der Waals surface area contributed by atoms with Gasteiger partial charge in [0.15, 0.2) is 5.78 Å². The molecule has 0 amide bonds. The van der Waals surface area contributed by atoms with E-state index in [4.69, 9.17) is 5.11 Å². The highest BCUT2D eigenvalue weighted by Gasteiger charge is 2.10. The van der Waals surface area contributed by atoms with Gasteiger partial charge in [-0.3, -0.25) is 9.78 Å². The zero-order valence-electron chi connectivity index (χ0n) is 10.5. The van der Waals surface area contributed by atoms with E-state index in [0.717, 1.165) is 9.79 Å². The lowest BCUT2D eigenvalue weighted by Gasteiger charge is -2.05. The summed E-state index contributed by atoms with van der Waals surface area (Å²) in [6.45, 7) is 1.46. The molecule has 0 aliphatic rings. The molecule has 0 saturated carbocycles. The van der Waals surface area contributed by atoms with Gasteiger partial charge in [0.25, 0.3) is 0 Å². The molecule has 1 aromatic heterocycles. The zero-order valence-corrected chi connectivity index (χ0v) is 12.9. The fourth-order valence-electron chi connectivity index (χ4n) is 1.52. The summed E-state index contributed by atoms with van der Waals surface area (Å²) in [5.74, 6) is -1.07. The number of carboxylic acid groups (broad SMARTS) is 1. The van der Waals surface area contributed by atoms with E-state index in [1.54, 1.807) is 30.5 Å². The maximum absolute atomic E-state index is 11.1. The second-order valence-corrected chi connectivity index (χ2v) is 5.99. The highest BCUT2D eigenvalue weighted by Crippen LogP contribution is 2.30. The van der Waals surface area contributed by atoms with E-state index in [0.29, 0.717) is 10.2 Å². The first-order chi connectivity index (χ1) is 9.47. The second-order valence-electron chi connectivity index (χ2n) is 3.98. The molecule has 0 bridgehead atoms. The topological polar surface area (TPSA) is 67.3 Å². The summed E-state index contributed by atoms with van der Waals surface area (Å²) in [7, 11) is 0. The van der Waals surface area contributed by atoms with Gasteiger partial charge in [-0.25, -0.2) is 4.79 Å². The van der Waals surface area contributed by atoms with Crippen LogP contribution in [-0.4, -0.2) is 21.8 Å². The molecule has 2 aromatic rings. The lowest BCUT2D eigenvalue weighted by Crippen LogP contribution is -1.97. The molecule has 0 spiro atoms. The van der Waals surface area contributed by atoms with Crippen LogP contribution in [0.1, 0.15) is 27.8 Å². The molecule has 0 fully saturated rings. The van der Waals surface area contributed by atoms with E-state index in [1.165, 1.54) is 18.7 Å². The maximum atomic E-state index is 11.1. The van der Waals surface area contributed by atoms with Crippen molar-refractivity contribution in [2.24, 2.45) is 0 Å². The minimum Gasteiger partial charge on any atom is -0.478 e. The number of halogens is 1. The van der Waals surface area contributed by atoms with Crippen LogP contribution in [0.5, 0.6) is 0 Å². The van der Waals surface area contributed by atoms with Crippen LogP contribution < -0.4 is 0 Å². The van der Waals surface area contributed by atoms with Crippen LogP contribution in [0.15, 0.2) is 50.8 Å². The minimum absolute atomic E-state index is 0.0849. The number of Topliss-reactive ketones (excluding diaryl/α,β-unsaturated/α-hetero) is 1. The Labute approximate surface area is 128 Å². The second kappa shape index (κ2) is 6.19. The summed E-state index contributed by atoms with van der Waals surface area (Å²) in [6.07, 6.45) is 1.60. The third-order valence-electron chi connectivity index (χ3n) is 2.50. The van der Waals surface area contributed by atoms with E-state index in [-0.39, 0.29) is 11.3 Å². The molecule has 2 rings (SSSR count). The van der Waals surface area contributed by atoms with Gasteiger partial charge in [-0.1, -0.05) is 11.8 Å². The number of hydrogen-bond donors (Lipinski definition) is 1. The standard InChI is InChI=1S/C14H10BrNO3S/c1-8(17)13-5-3-10(7-16-13)20-9-2-4-12(15)11(6-9)14(18)19/h2-7H,1H3,(H,18,19). The summed E-state index contributed by atoms with van der Waals surface area (Å²) in [4.78, 5) is 27.9. The first kappa shape index (κ1) is 14.7. The lowest BCUT2D eigenvalue weighted by atomic mass is 10.2. The van der Waals surface area contributed by atoms with Crippen molar-refractivity contribution in [3.63, 3.8) is 0 Å². The molecule has 102 valence electrons. The van der Waals surface area contributed by atoms with E-state index in [2.05, 4.69) is 20.9 Å². The average Bonchev–Trinajstić information content (AvgIpc) is 2.41. The number of carbonyl (C=O) groups is 2. The maximum Gasteiger partial charge on any atom is 0.336 e. The van der Waals surface area contributed by atoms with Crippen molar-refractivity contribution in [2.45, 2.75) is 16.7 Å². The van der Waals surface area contributed by atoms with Gasteiger partial charge in [-0.2, -0.15) is 0 Å². The first-order valence-corrected chi connectivity index (χ1v) is 7.26. The van der Waals surface area contributed by atoms with Crippen LogP contribution in [0.25, 0.3) is 0 Å². The van der Waals surface area contributed by atoms with E-state index in [9.17, 15) is 9.59 Å². The van der Waals surface area contributed by atoms with Gasteiger partial charge in [0, 0.05) is 27.4 Å². The molecule has 0 atom stereocenters. The molecule has 1 heterocycles. The predicted octanol–water partition coefficient (Wildman–Crippen LogP) is 3.90. The van der Waals surface area contributed by atoms with Crippen molar-refractivity contribution in [1.29, 1.82) is 0 Å². The average molecular weight is 352 g/mol. The Balaban J connectivity index is 2.23. The van der Waals surface area contributed by atoms with Crippen molar-refractivity contribution < 1.29 is 14.7 Å². The number of nitrogens with zero attached hydrogens (tertiary/aromatic N) is 1. The highest BCUT2D eigenvalue weighted by atomic mass is 79.9. The van der Waals surface area contributed by atoms with Gasteiger partial charge in [0.2, 0.25) is 0 Å². The van der Waals surface area contributed by atoms with Crippen LogP contribution in [0.4, 0.5) is 0 Å². The summed E-state index contributed by atoms with van der Waals surface area (Å²) in [5.41, 5.74) is 0.625. The van der Waals surface area contributed by atoms with Gasteiger partial charge in [0.05, 0.1) is 5.56 Å². The van der Waals surface area contributed by atoms with Crippen molar-refractivity contribution in [3.8, 4) is 0 Å². The monoisotopic (exact) mass is 351 g/mol. The zero-order chi connectivity index (χ0) is 14.7.